The second kappa shape index (κ2) is 9.08. The molecule has 0 aromatic rings. The van der Waals surface area contributed by atoms with Crippen LogP contribution in [0.15, 0.2) is 0 Å². The normalized spacial score (nSPS) is 19.8. The number of carbonyl (C=O) groups excluding carboxylic acids is 3. The Morgan fingerprint density at radius 1 is 1.09 bits per heavy atom. The van der Waals surface area contributed by atoms with Crippen LogP contribution in [0.4, 0.5) is 0 Å². The minimum Gasteiger partial charge on any atom is -0.341 e. The van der Waals surface area contributed by atoms with Crippen molar-refractivity contribution in [1.29, 1.82) is 0 Å². The Labute approximate surface area is 143 Å². The summed E-state index contributed by atoms with van der Waals surface area (Å²) in [5, 5.41) is 3.17. The number of nitrogens with one attached hydrogen (secondary N) is 1. The number of halogens is 1. The lowest BCUT2D eigenvalue weighted by atomic mass is 9.97. The summed E-state index contributed by atoms with van der Waals surface area (Å²) in [5.41, 5.74) is 0. The van der Waals surface area contributed by atoms with E-state index in [4.69, 9.17) is 0 Å². The van der Waals surface area contributed by atoms with Crippen LogP contribution in [0.3, 0.4) is 0 Å². The molecule has 0 spiro atoms. The van der Waals surface area contributed by atoms with Gasteiger partial charge in [0.1, 0.15) is 6.54 Å². The minimum absolute atomic E-state index is 0. The summed E-state index contributed by atoms with van der Waals surface area (Å²) >= 11 is 0. The summed E-state index contributed by atoms with van der Waals surface area (Å²) in [4.78, 5) is 40.9. The Kier molecular flexibility index (Phi) is 7.78. The molecule has 0 saturated carbocycles. The van der Waals surface area contributed by atoms with Gasteiger partial charge in [0.15, 0.2) is 0 Å². The molecule has 2 aliphatic heterocycles. The highest BCUT2D eigenvalue weighted by atomic mass is 35.5. The van der Waals surface area contributed by atoms with E-state index in [9.17, 15) is 14.4 Å². The molecule has 2 aliphatic rings. The maximum Gasteiger partial charge on any atom is 0.312 e. The van der Waals surface area contributed by atoms with E-state index < -0.39 is 11.8 Å². The van der Waals surface area contributed by atoms with Gasteiger partial charge in [0.05, 0.1) is 0 Å². The molecule has 2 saturated heterocycles. The number of amides is 3. The molecule has 0 aromatic carbocycles. The smallest absolute Gasteiger partial charge is 0.312 e. The number of carbonyl (C=O) groups is 3. The molecule has 132 valence electrons. The van der Waals surface area contributed by atoms with Crippen LogP contribution in [0.1, 0.15) is 19.8 Å². The van der Waals surface area contributed by atoms with E-state index >= 15 is 0 Å². The number of piperazine rings is 1. The van der Waals surface area contributed by atoms with E-state index in [1.807, 2.05) is 18.9 Å². The molecule has 2 fully saturated rings. The van der Waals surface area contributed by atoms with Gasteiger partial charge in [0.25, 0.3) is 0 Å². The van der Waals surface area contributed by atoms with Crippen molar-refractivity contribution in [3.8, 4) is 0 Å². The Hall–Kier alpha value is -1.34. The lowest BCUT2D eigenvalue weighted by molar-refractivity contribution is -0.157. The predicted molar refractivity (Wildman–Crippen MR) is 89.3 cm³/mol. The maximum atomic E-state index is 12.3. The Balaban J connectivity index is 0.00000264. The number of likely N-dealkylation sites (tertiary alicyclic amines) is 1. The lowest BCUT2D eigenvalue weighted by Gasteiger charge is -2.36. The first kappa shape index (κ1) is 19.7. The first-order chi connectivity index (χ1) is 10.6. The van der Waals surface area contributed by atoms with Crippen molar-refractivity contribution in [2.75, 3.05) is 52.9 Å². The number of hydrogen-bond donors (Lipinski definition) is 1. The van der Waals surface area contributed by atoms with Crippen molar-refractivity contribution < 1.29 is 14.4 Å². The molecule has 2 heterocycles. The summed E-state index contributed by atoms with van der Waals surface area (Å²) < 4.78 is 0. The molecule has 0 atom stereocenters. The average Bonchev–Trinajstić information content (AvgIpc) is 2.53. The van der Waals surface area contributed by atoms with Crippen molar-refractivity contribution in [2.45, 2.75) is 19.8 Å². The van der Waals surface area contributed by atoms with Gasteiger partial charge in [0.2, 0.25) is 5.91 Å². The van der Waals surface area contributed by atoms with Crippen LogP contribution in [-0.2, 0) is 14.4 Å². The quantitative estimate of drug-likeness (QED) is 0.685. The minimum atomic E-state index is -0.550. The highest BCUT2D eigenvalue weighted by Gasteiger charge is 2.33. The van der Waals surface area contributed by atoms with Gasteiger partial charge in [-0.1, -0.05) is 0 Å². The maximum absolute atomic E-state index is 12.3. The highest BCUT2D eigenvalue weighted by molar-refractivity contribution is 6.35. The summed E-state index contributed by atoms with van der Waals surface area (Å²) in [6.07, 6.45) is 1.98. The average molecular weight is 347 g/mol. The fourth-order valence-corrected chi connectivity index (χ4v) is 3.11. The zero-order valence-corrected chi connectivity index (χ0v) is 14.7. The third kappa shape index (κ3) is 4.81. The number of nitrogens with zero attached hydrogens (tertiary/aromatic N) is 3. The molecule has 8 heteroatoms. The zero-order chi connectivity index (χ0) is 16.1. The molecular formula is C15H27ClN4O3. The van der Waals surface area contributed by atoms with Crippen molar-refractivity contribution >= 4 is 30.1 Å². The Morgan fingerprint density at radius 2 is 1.65 bits per heavy atom. The molecule has 3 amide bonds. The van der Waals surface area contributed by atoms with Crippen LogP contribution < -0.4 is 5.32 Å². The van der Waals surface area contributed by atoms with Gasteiger partial charge in [-0.25, -0.2) is 0 Å². The molecule has 0 aromatic heterocycles. The van der Waals surface area contributed by atoms with Gasteiger partial charge in [0, 0.05) is 32.7 Å². The van der Waals surface area contributed by atoms with Crippen LogP contribution in [0.2, 0.25) is 0 Å². The lowest BCUT2D eigenvalue weighted by Crippen LogP contribution is -2.56. The van der Waals surface area contributed by atoms with Gasteiger partial charge in [-0.05, 0) is 39.3 Å². The summed E-state index contributed by atoms with van der Waals surface area (Å²) in [7, 11) is 1.94. The van der Waals surface area contributed by atoms with Gasteiger partial charge in [-0.2, -0.15) is 0 Å². The van der Waals surface area contributed by atoms with E-state index in [2.05, 4.69) is 5.32 Å². The molecule has 2 rings (SSSR count). The molecule has 7 nitrogen and oxygen atoms in total. The van der Waals surface area contributed by atoms with E-state index in [0.29, 0.717) is 25.6 Å². The molecule has 0 bridgehead atoms. The number of hydrogen-bond acceptors (Lipinski definition) is 4. The van der Waals surface area contributed by atoms with Crippen LogP contribution in [0.25, 0.3) is 0 Å². The van der Waals surface area contributed by atoms with E-state index in [0.717, 1.165) is 32.5 Å². The van der Waals surface area contributed by atoms with Crippen molar-refractivity contribution in [2.24, 2.45) is 5.92 Å². The number of rotatable bonds is 5. The summed E-state index contributed by atoms with van der Waals surface area (Å²) in [6.45, 7) is 5.82. The van der Waals surface area contributed by atoms with Crippen LogP contribution in [-0.4, -0.2) is 85.3 Å². The van der Waals surface area contributed by atoms with Crippen molar-refractivity contribution in [3.05, 3.63) is 0 Å². The molecule has 23 heavy (non-hydrogen) atoms. The third-order valence-corrected chi connectivity index (χ3v) is 4.57. The summed E-state index contributed by atoms with van der Waals surface area (Å²) in [5.74, 6) is -0.472. The Bertz CT molecular complexity index is 438. The van der Waals surface area contributed by atoms with Crippen molar-refractivity contribution in [3.63, 3.8) is 0 Å². The first-order valence-corrected chi connectivity index (χ1v) is 8.07. The van der Waals surface area contributed by atoms with Gasteiger partial charge >= 0.3 is 11.8 Å². The van der Waals surface area contributed by atoms with Crippen molar-refractivity contribution in [1.82, 2.24) is 20.0 Å². The number of piperidine rings is 1. The Morgan fingerprint density at radius 3 is 2.22 bits per heavy atom. The second-order valence-corrected chi connectivity index (χ2v) is 5.99. The van der Waals surface area contributed by atoms with E-state index in [1.54, 1.807) is 0 Å². The fraction of sp³-hybridized carbons (Fsp3) is 0.800. The predicted octanol–water partition coefficient (Wildman–Crippen LogP) is -0.443. The van der Waals surface area contributed by atoms with Crippen LogP contribution in [0.5, 0.6) is 0 Å². The van der Waals surface area contributed by atoms with Crippen LogP contribution >= 0.6 is 12.4 Å². The van der Waals surface area contributed by atoms with Gasteiger partial charge in [-0.3, -0.25) is 14.4 Å². The first-order valence-electron chi connectivity index (χ1n) is 8.07. The standard InChI is InChI=1S/C15H26N4O3.ClH/c1-3-17-8-9-19(15(22)14(17)21)11-13(20)18-6-4-12(5-7-18)10-16-2;/h12,16H,3-11H2,1-2H3;1H. The molecular weight excluding hydrogens is 320 g/mol. The van der Waals surface area contributed by atoms with Gasteiger partial charge < -0.3 is 20.0 Å². The topological polar surface area (TPSA) is 73.0 Å². The zero-order valence-electron chi connectivity index (χ0n) is 13.9. The van der Waals surface area contributed by atoms with E-state index in [1.165, 1.54) is 9.80 Å². The monoisotopic (exact) mass is 346 g/mol. The SMILES string of the molecule is CCN1CCN(CC(=O)N2CCC(CNC)CC2)C(=O)C1=O.Cl. The highest BCUT2D eigenvalue weighted by Crippen LogP contribution is 2.17. The van der Waals surface area contributed by atoms with Gasteiger partial charge in [-0.15, -0.1) is 12.4 Å². The molecule has 0 unspecified atom stereocenters. The third-order valence-electron chi connectivity index (χ3n) is 4.57. The van der Waals surface area contributed by atoms with E-state index in [-0.39, 0.29) is 24.9 Å². The molecule has 0 aliphatic carbocycles. The number of likely N-dealkylation sites (N-methyl/N-ethyl adjacent to an activating group) is 1. The molecule has 0 radical (unpaired) electrons. The largest absolute Gasteiger partial charge is 0.341 e. The second-order valence-electron chi connectivity index (χ2n) is 5.99. The molecule has 1 N–H and O–H groups in total. The fourth-order valence-electron chi connectivity index (χ4n) is 3.11. The summed E-state index contributed by atoms with van der Waals surface area (Å²) in [6, 6.07) is 0. The van der Waals surface area contributed by atoms with Crippen LogP contribution in [0, 0.1) is 5.92 Å².